The first-order valence-corrected chi connectivity index (χ1v) is 12.5. The molecule has 2 N–H and O–H groups in total. The molecule has 5 unspecified atom stereocenters. The Kier molecular flexibility index (Phi) is 7.51. The van der Waals surface area contributed by atoms with Crippen molar-refractivity contribution in [2.24, 2.45) is 16.8 Å². The lowest BCUT2D eigenvalue weighted by Crippen LogP contribution is -2.50. The van der Waals surface area contributed by atoms with Gasteiger partial charge >= 0.3 is 0 Å². The Hall–Kier alpha value is -1.64. The number of rotatable bonds is 7. The fourth-order valence-electron chi connectivity index (χ4n) is 5.25. The summed E-state index contributed by atoms with van der Waals surface area (Å²) < 4.78 is 5.77. The van der Waals surface area contributed by atoms with Crippen LogP contribution in [0, 0.1) is 11.8 Å². The van der Waals surface area contributed by atoms with Gasteiger partial charge in [0.05, 0.1) is 18.8 Å². The Labute approximate surface area is 190 Å². The zero-order valence-corrected chi connectivity index (χ0v) is 19.9. The predicted octanol–water partition coefficient (Wildman–Crippen LogP) is 2.32. The number of nitrogens with one attached hydrogen (secondary N) is 2. The van der Waals surface area contributed by atoms with Crippen LogP contribution in [0.25, 0.3) is 0 Å². The maximum Gasteiger partial charge on any atom is 0.243 e. The van der Waals surface area contributed by atoms with Gasteiger partial charge in [0.2, 0.25) is 5.91 Å². The summed E-state index contributed by atoms with van der Waals surface area (Å²) in [5, 5.41) is 9.42. The average molecular weight is 448 g/mol. The van der Waals surface area contributed by atoms with E-state index >= 15 is 0 Å². The molecule has 172 valence electrons. The van der Waals surface area contributed by atoms with E-state index < -0.39 is 0 Å². The molecule has 3 fully saturated rings. The summed E-state index contributed by atoms with van der Waals surface area (Å²) in [6.07, 6.45) is 5.50. The van der Waals surface area contributed by atoms with E-state index in [0.29, 0.717) is 6.04 Å². The molecular weight excluding hydrogens is 410 g/mol. The van der Waals surface area contributed by atoms with Gasteiger partial charge in [-0.25, -0.2) is 4.99 Å². The Morgan fingerprint density at radius 3 is 2.90 bits per heavy atom. The van der Waals surface area contributed by atoms with Gasteiger partial charge in [-0.15, -0.1) is 11.3 Å². The van der Waals surface area contributed by atoms with Crippen LogP contribution in [-0.2, 0) is 9.53 Å². The molecule has 7 nitrogen and oxygen atoms in total. The smallest absolute Gasteiger partial charge is 0.243 e. The number of amides is 1. The van der Waals surface area contributed by atoms with Crippen LogP contribution in [0.15, 0.2) is 22.5 Å². The number of fused-ring (bicyclic) bond motifs is 2. The first-order chi connectivity index (χ1) is 15.0. The number of likely N-dealkylation sites (N-methyl/N-ethyl adjacent to an activating group) is 1. The standard InChI is InChI=1S/C23H37N5O2S/c1-16-15-28(8-9-30-16)20(21-5-4-10-31-21)13-24-23(25-14-22(29)27(2)3)26-19-12-17-6-7-18(19)11-17/h4-5,10,16-20H,6-9,11-15H2,1-3H3,(H2,24,25,26). The van der Waals surface area contributed by atoms with Gasteiger partial charge in [-0.3, -0.25) is 9.69 Å². The minimum atomic E-state index is 0.0193. The highest BCUT2D eigenvalue weighted by Gasteiger charge is 2.40. The lowest BCUT2D eigenvalue weighted by atomic mass is 9.95. The van der Waals surface area contributed by atoms with Gasteiger partial charge in [-0.2, -0.15) is 0 Å². The molecule has 5 atom stereocenters. The summed E-state index contributed by atoms with van der Waals surface area (Å²) in [6, 6.07) is 5.08. The van der Waals surface area contributed by atoms with E-state index in [9.17, 15) is 4.79 Å². The van der Waals surface area contributed by atoms with E-state index in [2.05, 4.69) is 45.0 Å². The maximum atomic E-state index is 12.2. The second-order valence-corrected chi connectivity index (χ2v) is 10.4. The lowest BCUT2D eigenvalue weighted by molar-refractivity contribution is -0.127. The summed E-state index contributed by atoms with van der Waals surface area (Å²) in [7, 11) is 3.56. The number of carbonyl (C=O) groups is 1. The van der Waals surface area contributed by atoms with Gasteiger partial charge < -0.3 is 20.3 Å². The average Bonchev–Trinajstić information content (AvgIpc) is 3.50. The monoisotopic (exact) mass is 447 g/mol. The zero-order chi connectivity index (χ0) is 21.8. The normalized spacial score (nSPS) is 29.7. The molecule has 0 spiro atoms. The third-order valence-electron chi connectivity index (χ3n) is 6.98. The molecule has 1 amide bonds. The molecular formula is C23H37N5O2S. The largest absolute Gasteiger partial charge is 0.376 e. The number of morpholine rings is 1. The number of nitrogens with zero attached hydrogens (tertiary/aromatic N) is 3. The quantitative estimate of drug-likeness (QED) is 0.496. The third kappa shape index (κ3) is 5.79. The molecule has 2 saturated carbocycles. The van der Waals surface area contributed by atoms with Crippen LogP contribution in [0.3, 0.4) is 0 Å². The van der Waals surface area contributed by atoms with Gasteiger partial charge in [-0.05, 0) is 49.5 Å². The van der Waals surface area contributed by atoms with Crippen molar-refractivity contribution in [3.05, 3.63) is 22.4 Å². The van der Waals surface area contributed by atoms with Gasteiger partial charge in [-0.1, -0.05) is 12.5 Å². The van der Waals surface area contributed by atoms with Crippen molar-refractivity contribution in [1.82, 2.24) is 20.4 Å². The van der Waals surface area contributed by atoms with E-state index in [1.165, 1.54) is 30.6 Å². The molecule has 3 aliphatic rings. The fourth-order valence-corrected chi connectivity index (χ4v) is 6.11. The van der Waals surface area contributed by atoms with Crippen molar-refractivity contribution in [3.8, 4) is 0 Å². The van der Waals surface area contributed by atoms with Crippen molar-refractivity contribution in [2.45, 2.75) is 50.8 Å². The molecule has 1 aromatic heterocycles. The van der Waals surface area contributed by atoms with E-state index in [1.807, 2.05) is 0 Å². The summed E-state index contributed by atoms with van der Waals surface area (Å²) >= 11 is 1.80. The van der Waals surface area contributed by atoms with Crippen LogP contribution in [-0.4, -0.2) is 80.7 Å². The first-order valence-electron chi connectivity index (χ1n) is 11.6. The molecule has 2 aliphatic carbocycles. The highest BCUT2D eigenvalue weighted by Crippen LogP contribution is 2.44. The van der Waals surface area contributed by atoms with Crippen LogP contribution in [0.2, 0.25) is 0 Å². The second kappa shape index (κ2) is 10.3. The SMILES string of the molecule is CC1CN(C(CNC(=NCC(=O)N(C)C)NC2CC3CCC2C3)c2cccs2)CCO1. The molecule has 4 rings (SSSR count). The highest BCUT2D eigenvalue weighted by atomic mass is 32.1. The lowest BCUT2D eigenvalue weighted by Gasteiger charge is -2.37. The van der Waals surface area contributed by atoms with E-state index in [-0.39, 0.29) is 24.6 Å². The van der Waals surface area contributed by atoms with Gasteiger partial charge in [0.1, 0.15) is 6.54 Å². The zero-order valence-electron chi connectivity index (χ0n) is 19.0. The van der Waals surface area contributed by atoms with Crippen molar-refractivity contribution >= 4 is 23.2 Å². The van der Waals surface area contributed by atoms with Crippen LogP contribution >= 0.6 is 11.3 Å². The molecule has 1 aliphatic heterocycles. The topological polar surface area (TPSA) is 69.2 Å². The molecule has 1 saturated heterocycles. The Morgan fingerprint density at radius 1 is 1.39 bits per heavy atom. The summed E-state index contributed by atoms with van der Waals surface area (Å²) in [5.41, 5.74) is 0. The fraction of sp³-hybridized carbons (Fsp3) is 0.739. The number of ether oxygens (including phenoxy) is 1. The van der Waals surface area contributed by atoms with Gasteiger partial charge in [0.15, 0.2) is 5.96 Å². The van der Waals surface area contributed by atoms with Crippen molar-refractivity contribution in [3.63, 3.8) is 0 Å². The number of guanidine groups is 1. The number of carbonyl (C=O) groups excluding carboxylic acids is 1. The van der Waals surface area contributed by atoms with Crippen LogP contribution in [0.1, 0.15) is 43.5 Å². The van der Waals surface area contributed by atoms with Crippen molar-refractivity contribution in [2.75, 3.05) is 46.9 Å². The van der Waals surface area contributed by atoms with Crippen molar-refractivity contribution < 1.29 is 9.53 Å². The first kappa shape index (κ1) is 22.6. The minimum Gasteiger partial charge on any atom is -0.376 e. The third-order valence-corrected chi connectivity index (χ3v) is 7.95. The van der Waals surface area contributed by atoms with E-state index in [4.69, 9.17) is 4.74 Å². The molecule has 8 heteroatoms. The molecule has 0 radical (unpaired) electrons. The molecule has 2 heterocycles. The molecule has 0 aromatic carbocycles. The van der Waals surface area contributed by atoms with Crippen LogP contribution in [0.4, 0.5) is 0 Å². The summed E-state index contributed by atoms with van der Waals surface area (Å²) in [4.78, 5) is 22.3. The Morgan fingerprint density at radius 2 is 2.26 bits per heavy atom. The maximum absolute atomic E-state index is 12.2. The molecule has 1 aromatic rings. The van der Waals surface area contributed by atoms with E-state index in [1.54, 1.807) is 30.3 Å². The number of hydrogen-bond donors (Lipinski definition) is 2. The Bertz CT molecular complexity index is 753. The van der Waals surface area contributed by atoms with Crippen LogP contribution in [0.5, 0.6) is 0 Å². The van der Waals surface area contributed by atoms with Crippen molar-refractivity contribution in [1.29, 1.82) is 0 Å². The number of thiophene rings is 1. The van der Waals surface area contributed by atoms with Gasteiger partial charge in [0, 0.05) is 44.6 Å². The van der Waals surface area contributed by atoms with Gasteiger partial charge in [0.25, 0.3) is 0 Å². The summed E-state index contributed by atoms with van der Waals surface area (Å²) in [6.45, 7) is 5.69. The summed E-state index contributed by atoms with van der Waals surface area (Å²) in [5.74, 6) is 2.40. The number of hydrogen-bond acceptors (Lipinski definition) is 5. The highest BCUT2D eigenvalue weighted by molar-refractivity contribution is 7.10. The minimum absolute atomic E-state index is 0.0193. The molecule has 31 heavy (non-hydrogen) atoms. The molecule has 2 bridgehead atoms. The predicted molar refractivity (Wildman–Crippen MR) is 125 cm³/mol. The van der Waals surface area contributed by atoms with E-state index in [0.717, 1.165) is 44.0 Å². The van der Waals surface area contributed by atoms with Crippen LogP contribution < -0.4 is 10.6 Å². The number of aliphatic imine (C=N–C) groups is 1. The Balaban J connectivity index is 1.44. The second-order valence-electron chi connectivity index (χ2n) is 9.47.